The SMILES string of the molecule is CCC(C)NC(CN)c1ccc(F)cc1Br. The van der Waals surface area contributed by atoms with Crippen LogP contribution in [0, 0.1) is 5.82 Å². The number of nitrogens with one attached hydrogen (secondary N) is 1. The first-order chi connectivity index (χ1) is 7.58. The van der Waals surface area contributed by atoms with E-state index < -0.39 is 0 Å². The second kappa shape index (κ2) is 6.33. The van der Waals surface area contributed by atoms with E-state index in [1.165, 1.54) is 12.1 Å². The minimum absolute atomic E-state index is 0.0601. The summed E-state index contributed by atoms with van der Waals surface area (Å²) in [6.07, 6.45) is 1.04. The van der Waals surface area contributed by atoms with Crippen LogP contribution in [0.2, 0.25) is 0 Å². The van der Waals surface area contributed by atoms with Gasteiger partial charge in [0.05, 0.1) is 0 Å². The van der Waals surface area contributed by atoms with Crippen molar-refractivity contribution < 1.29 is 4.39 Å². The molecule has 0 spiro atoms. The molecule has 0 aliphatic rings. The molecular weight excluding hydrogens is 271 g/mol. The zero-order valence-corrected chi connectivity index (χ0v) is 11.2. The predicted octanol–water partition coefficient (Wildman–Crippen LogP) is 2.98. The molecule has 2 unspecified atom stereocenters. The van der Waals surface area contributed by atoms with Gasteiger partial charge in [0.1, 0.15) is 5.82 Å². The zero-order valence-electron chi connectivity index (χ0n) is 9.63. The fourth-order valence-corrected chi connectivity index (χ4v) is 2.16. The van der Waals surface area contributed by atoms with Crippen LogP contribution in [0.15, 0.2) is 22.7 Å². The van der Waals surface area contributed by atoms with Gasteiger partial charge < -0.3 is 11.1 Å². The first kappa shape index (κ1) is 13.6. The second-order valence-electron chi connectivity index (χ2n) is 3.93. The lowest BCUT2D eigenvalue weighted by Crippen LogP contribution is -2.34. The Kier molecular flexibility index (Phi) is 5.38. The van der Waals surface area contributed by atoms with E-state index in [1.54, 1.807) is 6.07 Å². The van der Waals surface area contributed by atoms with Crippen LogP contribution in [0.3, 0.4) is 0 Å². The maximum atomic E-state index is 13.0. The molecule has 0 heterocycles. The highest BCUT2D eigenvalue weighted by Gasteiger charge is 2.14. The van der Waals surface area contributed by atoms with Gasteiger partial charge in [0.25, 0.3) is 0 Å². The molecule has 0 saturated heterocycles. The van der Waals surface area contributed by atoms with E-state index in [0.29, 0.717) is 12.6 Å². The summed E-state index contributed by atoms with van der Waals surface area (Å²) in [5.74, 6) is -0.241. The Hall–Kier alpha value is -0.450. The van der Waals surface area contributed by atoms with Crippen molar-refractivity contribution in [3.05, 3.63) is 34.1 Å². The number of halogens is 2. The summed E-state index contributed by atoms with van der Waals surface area (Å²) in [4.78, 5) is 0. The van der Waals surface area contributed by atoms with E-state index in [1.807, 2.05) is 0 Å². The van der Waals surface area contributed by atoms with Crippen molar-refractivity contribution in [2.75, 3.05) is 6.54 Å². The summed E-state index contributed by atoms with van der Waals surface area (Å²) in [7, 11) is 0. The molecule has 0 bridgehead atoms. The van der Waals surface area contributed by atoms with E-state index in [9.17, 15) is 4.39 Å². The van der Waals surface area contributed by atoms with Gasteiger partial charge in [0.15, 0.2) is 0 Å². The lowest BCUT2D eigenvalue weighted by atomic mass is 10.1. The maximum Gasteiger partial charge on any atom is 0.124 e. The smallest absolute Gasteiger partial charge is 0.124 e. The molecule has 2 atom stereocenters. The average Bonchev–Trinajstić information content (AvgIpc) is 2.26. The van der Waals surface area contributed by atoms with Crippen molar-refractivity contribution in [3.63, 3.8) is 0 Å². The first-order valence-electron chi connectivity index (χ1n) is 5.49. The lowest BCUT2D eigenvalue weighted by Gasteiger charge is -2.22. The van der Waals surface area contributed by atoms with Crippen LogP contribution in [0.5, 0.6) is 0 Å². The highest BCUT2D eigenvalue weighted by atomic mass is 79.9. The number of benzene rings is 1. The van der Waals surface area contributed by atoms with Crippen molar-refractivity contribution in [2.45, 2.75) is 32.4 Å². The molecule has 4 heteroatoms. The highest BCUT2D eigenvalue weighted by molar-refractivity contribution is 9.10. The Bertz CT molecular complexity index is 344. The summed E-state index contributed by atoms with van der Waals surface area (Å²) in [6.45, 7) is 4.72. The first-order valence-corrected chi connectivity index (χ1v) is 6.28. The molecule has 0 amide bonds. The molecule has 1 aromatic carbocycles. The standard InChI is InChI=1S/C12H18BrFN2/c1-3-8(2)16-12(7-15)10-5-4-9(14)6-11(10)13/h4-6,8,12,16H,3,7,15H2,1-2H3. The van der Waals surface area contributed by atoms with Crippen molar-refractivity contribution in [1.82, 2.24) is 5.32 Å². The Labute approximate surface area is 105 Å². The zero-order chi connectivity index (χ0) is 12.1. The van der Waals surface area contributed by atoms with Gasteiger partial charge in [0, 0.05) is 23.1 Å². The van der Waals surface area contributed by atoms with E-state index >= 15 is 0 Å². The summed E-state index contributed by atoms with van der Waals surface area (Å²) in [6, 6.07) is 5.15. The monoisotopic (exact) mass is 288 g/mol. The summed E-state index contributed by atoms with van der Waals surface area (Å²) < 4.78 is 13.7. The predicted molar refractivity (Wildman–Crippen MR) is 68.8 cm³/mol. The number of hydrogen-bond acceptors (Lipinski definition) is 2. The molecule has 0 aliphatic heterocycles. The number of rotatable bonds is 5. The summed E-state index contributed by atoms with van der Waals surface area (Å²) in [5.41, 5.74) is 6.74. The highest BCUT2D eigenvalue weighted by Crippen LogP contribution is 2.24. The molecule has 0 radical (unpaired) electrons. The second-order valence-corrected chi connectivity index (χ2v) is 4.78. The Balaban J connectivity index is 2.86. The molecular formula is C12H18BrFN2. The lowest BCUT2D eigenvalue weighted by molar-refractivity contribution is 0.450. The largest absolute Gasteiger partial charge is 0.329 e. The molecule has 3 N–H and O–H groups in total. The fraction of sp³-hybridized carbons (Fsp3) is 0.500. The topological polar surface area (TPSA) is 38.0 Å². The summed E-state index contributed by atoms with van der Waals surface area (Å²) in [5, 5.41) is 3.42. The number of hydrogen-bond donors (Lipinski definition) is 2. The van der Waals surface area contributed by atoms with Crippen molar-refractivity contribution in [2.24, 2.45) is 5.73 Å². The van der Waals surface area contributed by atoms with Crippen molar-refractivity contribution in [3.8, 4) is 0 Å². The molecule has 90 valence electrons. The van der Waals surface area contributed by atoms with Crippen LogP contribution in [-0.4, -0.2) is 12.6 Å². The van der Waals surface area contributed by atoms with E-state index in [2.05, 4.69) is 35.1 Å². The van der Waals surface area contributed by atoms with Crippen LogP contribution >= 0.6 is 15.9 Å². The van der Waals surface area contributed by atoms with Gasteiger partial charge in [0.2, 0.25) is 0 Å². The van der Waals surface area contributed by atoms with Crippen molar-refractivity contribution in [1.29, 1.82) is 0 Å². The van der Waals surface area contributed by atoms with Crippen LogP contribution in [0.4, 0.5) is 4.39 Å². The number of nitrogens with two attached hydrogens (primary N) is 1. The van der Waals surface area contributed by atoms with Gasteiger partial charge in [-0.2, -0.15) is 0 Å². The molecule has 0 aliphatic carbocycles. The van der Waals surface area contributed by atoms with Gasteiger partial charge in [-0.05, 0) is 31.0 Å². The molecule has 0 aromatic heterocycles. The summed E-state index contributed by atoms with van der Waals surface area (Å²) >= 11 is 3.36. The van der Waals surface area contributed by atoms with Crippen LogP contribution in [0.1, 0.15) is 31.9 Å². The third-order valence-corrected chi connectivity index (χ3v) is 3.36. The van der Waals surface area contributed by atoms with E-state index in [-0.39, 0.29) is 11.9 Å². The van der Waals surface area contributed by atoms with Crippen LogP contribution < -0.4 is 11.1 Å². The van der Waals surface area contributed by atoms with Crippen LogP contribution in [-0.2, 0) is 0 Å². The average molecular weight is 289 g/mol. The van der Waals surface area contributed by atoms with Gasteiger partial charge in [-0.15, -0.1) is 0 Å². The minimum Gasteiger partial charge on any atom is -0.329 e. The maximum absolute atomic E-state index is 13.0. The van der Waals surface area contributed by atoms with Gasteiger partial charge in [-0.3, -0.25) is 0 Å². The molecule has 2 nitrogen and oxygen atoms in total. The quantitative estimate of drug-likeness (QED) is 0.874. The van der Waals surface area contributed by atoms with Gasteiger partial charge in [-0.1, -0.05) is 28.9 Å². The molecule has 1 rings (SSSR count). The fourth-order valence-electron chi connectivity index (χ4n) is 1.53. The van der Waals surface area contributed by atoms with Gasteiger partial charge >= 0.3 is 0 Å². The third kappa shape index (κ3) is 3.54. The minimum atomic E-state index is -0.241. The van der Waals surface area contributed by atoms with E-state index in [4.69, 9.17) is 5.73 Å². The molecule has 1 aromatic rings. The van der Waals surface area contributed by atoms with Crippen molar-refractivity contribution >= 4 is 15.9 Å². The Morgan fingerprint density at radius 3 is 2.69 bits per heavy atom. The third-order valence-electron chi connectivity index (χ3n) is 2.67. The van der Waals surface area contributed by atoms with Crippen LogP contribution in [0.25, 0.3) is 0 Å². The van der Waals surface area contributed by atoms with Gasteiger partial charge in [-0.25, -0.2) is 4.39 Å². The van der Waals surface area contributed by atoms with E-state index in [0.717, 1.165) is 16.5 Å². The molecule has 0 saturated carbocycles. The Morgan fingerprint density at radius 1 is 1.50 bits per heavy atom. The normalized spacial score (nSPS) is 14.8. The molecule has 16 heavy (non-hydrogen) atoms. The molecule has 0 fully saturated rings. The Morgan fingerprint density at radius 2 is 2.19 bits per heavy atom.